The molecule has 0 aliphatic carbocycles. The van der Waals surface area contributed by atoms with Gasteiger partial charge in [0.1, 0.15) is 11.6 Å². The first-order valence-corrected chi connectivity index (χ1v) is 12.4. The Kier molecular flexibility index (Phi) is 7.91. The molecule has 0 spiro atoms. The van der Waals surface area contributed by atoms with Crippen molar-refractivity contribution >= 4 is 35.0 Å². The van der Waals surface area contributed by atoms with E-state index in [0.29, 0.717) is 39.7 Å². The zero-order valence-corrected chi connectivity index (χ0v) is 21.1. The van der Waals surface area contributed by atoms with Crippen LogP contribution in [-0.2, 0) is 11.2 Å². The number of carbonyl (C=O) groups is 1. The van der Waals surface area contributed by atoms with Crippen molar-refractivity contribution < 1.29 is 9.53 Å². The number of carbonyl (C=O) groups excluding carboxylic acids is 1. The molecule has 1 amide bonds. The van der Waals surface area contributed by atoms with Gasteiger partial charge >= 0.3 is 5.69 Å². The van der Waals surface area contributed by atoms with Crippen molar-refractivity contribution in [3.05, 3.63) is 91.5 Å². The van der Waals surface area contributed by atoms with Gasteiger partial charge in [-0.2, -0.15) is 0 Å². The Balaban J connectivity index is 1.59. The topological polar surface area (TPSA) is 135 Å². The van der Waals surface area contributed by atoms with E-state index in [2.05, 4.69) is 25.5 Å². The summed E-state index contributed by atoms with van der Waals surface area (Å²) in [4.78, 5) is 40.8. The molecule has 0 saturated heterocycles. The van der Waals surface area contributed by atoms with Gasteiger partial charge in [-0.05, 0) is 55.8 Å². The van der Waals surface area contributed by atoms with Crippen LogP contribution in [0.2, 0.25) is 5.02 Å². The second-order valence-corrected chi connectivity index (χ2v) is 9.10. The number of aromatic nitrogens is 5. The van der Waals surface area contributed by atoms with Crippen LogP contribution in [0.15, 0.2) is 63.3 Å². The van der Waals surface area contributed by atoms with Crippen molar-refractivity contribution in [2.24, 2.45) is 0 Å². The minimum atomic E-state index is -0.605. The van der Waals surface area contributed by atoms with Gasteiger partial charge in [-0.25, -0.2) is 4.79 Å². The van der Waals surface area contributed by atoms with Crippen molar-refractivity contribution in [2.75, 3.05) is 17.7 Å². The molecule has 0 atom stereocenters. The highest BCUT2D eigenvalue weighted by Gasteiger charge is 2.17. The van der Waals surface area contributed by atoms with Crippen LogP contribution >= 0.6 is 23.4 Å². The molecule has 3 N–H and O–H groups in total. The van der Waals surface area contributed by atoms with Crippen LogP contribution in [0, 0.1) is 6.92 Å². The molecule has 0 aliphatic heterocycles. The SMILES string of the molecule is CCOc1ccc(-n2c(Cc3cc(=O)[nH]c(=O)[nH]3)nnc2SCC(=O)Nc2ccc(C)c(Cl)c2)cc1. The number of H-pyrrole nitrogens is 2. The number of nitrogens with one attached hydrogen (secondary N) is 3. The summed E-state index contributed by atoms with van der Waals surface area (Å²) in [6.45, 7) is 4.32. The molecule has 36 heavy (non-hydrogen) atoms. The number of thioether (sulfide) groups is 1. The summed E-state index contributed by atoms with van der Waals surface area (Å²) in [5.74, 6) is 1.03. The van der Waals surface area contributed by atoms with E-state index in [9.17, 15) is 14.4 Å². The summed E-state index contributed by atoms with van der Waals surface area (Å²) in [5.41, 5.74) is 1.52. The van der Waals surface area contributed by atoms with Gasteiger partial charge < -0.3 is 15.0 Å². The Hall–Kier alpha value is -3.83. The molecule has 0 bridgehead atoms. The molecule has 4 rings (SSSR count). The molecule has 0 fully saturated rings. The first kappa shape index (κ1) is 25.3. The van der Waals surface area contributed by atoms with Crippen molar-refractivity contribution in [3.8, 4) is 11.4 Å². The fraction of sp³-hybridized carbons (Fsp3) is 0.208. The molecule has 4 aromatic rings. The number of rotatable bonds is 9. The maximum Gasteiger partial charge on any atom is 0.325 e. The maximum atomic E-state index is 12.6. The normalized spacial score (nSPS) is 10.9. The van der Waals surface area contributed by atoms with Crippen molar-refractivity contribution in [2.45, 2.75) is 25.4 Å². The molecule has 10 nitrogen and oxygen atoms in total. The number of aryl methyl sites for hydroxylation is 1. The van der Waals surface area contributed by atoms with Crippen molar-refractivity contribution in [3.63, 3.8) is 0 Å². The molecule has 0 radical (unpaired) electrons. The third-order valence-electron chi connectivity index (χ3n) is 5.06. The smallest absolute Gasteiger partial charge is 0.325 e. The maximum absolute atomic E-state index is 12.6. The van der Waals surface area contributed by atoms with Gasteiger partial charge in [0.25, 0.3) is 5.56 Å². The fourth-order valence-electron chi connectivity index (χ4n) is 3.41. The summed E-state index contributed by atoms with van der Waals surface area (Å²) >= 11 is 7.35. The summed E-state index contributed by atoms with van der Waals surface area (Å²) < 4.78 is 7.30. The van der Waals surface area contributed by atoms with Gasteiger partial charge in [-0.1, -0.05) is 29.4 Å². The van der Waals surface area contributed by atoms with Crippen molar-refractivity contribution in [1.29, 1.82) is 0 Å². The summed E-state index contributed by atoms with van der Waals surface area (Å²) in [5, 5.41) is 12.4. The lowest BCUT2D eigenvalue weighted by Gasteiger charge is -2.12. The zero-order valence-electron chi connectivity index (χ0n) is 19.5. The number of nitrogens with zero attached hydrogens (tertiary/aromatic N) is 3. The average molecular weight is 527 g/mol. The highest BCUT2D eigenvalue weighted by Crippen LogP contribution is 2.25. The average Bonchev–Trinajstić information content (AvgIpc) is 3.22. The van der Waals surface area contributed by atoms with Gasteiger partial charge in [-0.15, -0.1) is 10.2 Å². The Morgan fingerprint density at radius 3 is 2.58 bits per heavy atom. The first-order chi connectivity index (χ1) is 17.3. The van der Waals surface area contributed by atoms with Crippen LogP contribution in [0.25, 0.3) is 5.69 Å². The van der Waals surface area contributed by atoms with Gasteiger partial charge in [-0.3, -0.25) is 19.1 Å². The molecule has 186 valence electrons. The summed E-state index contributed by atoms with van der Waals surface area (Å²) in [7, 11) is 0. The van der Waals surface area contributed by atoms with E-state index >= 15 is 0 Å². The number of anilines is 1. The van der Waals surface area contributed by atoms with E-state index in [1.165, 1.54) is 17.8 Å². The van der Waals surface area contributed by atoms with Gasteiger partial charge in [0.2, 0.25) is 5.91 Å². The summed E-state index contributed by atoms with van der Waals surface area (Å²) in [6.07, 6.45) is 0.147. The predicted molar refractivity (Wildman–Crippen MR) is 139 cm³/mol. The van der Waals surface area contributed by atoms with E-state index in [1.807, 2.05) is 44.2 Å². The minimum Gasteiger partial charge on any atom is -0.494 e. The Morgan fingerprint density at radius 1 is 1.11 bits per heavy atom. The van der Waals surface area contributed by atoms with E-state index in [0.717, 1.165) is 11.3 Å². The Morgan fingerprint density at radius 2 is 1.89 bits per heavy atom. The Labute approximate surface area is 215 Å². The highest BCUT2D eigenvalue weighted by atomic mass is 35.5. The number of amides is 1. The van der Waals surface area contributed by atoms with Crippen LogP contribution in [0.5, 0.6) is 5.75 Å². The molecular formula is C24H23ClN6O4S. The molecule has 2 aromatic heterocycles. The lowest BCUT2D eigenvalue weighted by Crippen LogP contribution is -2.23. The third kappa shape index (κ3) is 6.23. The second-order valence-electron chi connectivity index (χ2n) is 7.75. The Bertz CT molecular complexity index is 1470. The molecule has 0 unspecified atom stereocenters. The third-order valence-corrected chi connectivity index (χ3v) is 6.40. The van der Waals surface area contributed by atoms with Crippen LogP contribution in [0.1, 0.15) is 24.0 Å². The van der Waals surface area contributed by atoms with Crippen LogP contribution in [0.4, 0.5) is 5.69 Å². The van der Waals surface area contributed by atoms with Crippen LogP contribution in [0.3, 0.4) is 0 Å². The molecule has 2 heterocycles. The highest BCUT2D eigenvalue weighted by molar-refractivity contribution is 7.99. The van der Waals surface area contributed by atoms with E-state index in [4.69, 9.17) is 16.3 Å². The predicted octanol–water partition coefficient (Wildman–Crippen LogP) is 3.33. The number of ether oxygens (including phenoxy) is 1. The number of hydrogen-bond donors (Lipinski definition) is 3. The van der Waals surface area contributed by atoms with Crippen LogP contribution in [-0.4, -0.2) is 43.0 Å². The van der Waals surface area contributed by atoms with E-state index < -0.39 is 11.2 Å². The van der Waals surface area contributed by atoms with Crippen LogP contribution < -0.4 is 21.3 Å². The molecule has 12 heteroatoms. The van der Waals surface area contributed by atoms with E-state index in [1.54, 1.807) is 16.7 Å². The fourth-order valence-corrected chi connectivity index (χ4v) is 4.36. The standard InChI is InChI=1S/C24H23ClN6O4S/c1-3-35-18-8-6-17(7-9-18)31-20(11-16-12-21(32)28-23(34)27-16)29-30-24(31)36-13-22(33)26-15-5-4-14(2)19(25)10-15/h4-10,12H,3,11,13H2,1-2H3,(H,26,33)(H2,27,28,32,34). The molecular weight excluding hydrogens is 504 g/mol. The van der Waals surface area contributed by atoms with Gasteiger partial charge in [0.05, 0.1) is 12.4 Å². The number of benzene rings is 2. The first-order valence-electron chi connectivity index (χ1n) is 11.0. The van der Waals surface area contributed by atoms with Gasteiger partial charge in [0, 0.05) is 34.6 Å². The molecule has 0 saturated carbocycles. The quantitative estimate of drug-likeness (QED) is 0.285. The molecule has 0 aliphatic rings. The second kappa shape index (κ2) is 11.3. The van der Waals surface area contributed by atoms with Crippen molar-refractivity contribution in [1.82, 2.24) is 24.7 Å². The minimum absolute atomic E-state index is 0.0719. The lowest BCUT2D eigenvalue weighted by molar-refractivity contribution is -0.113. The zero-order chi connectivity index (χ0) is 25.7. The molecule has 2 aromatic carbocycles. The number of aromatic amines is 2. The van der Waals surface area contributed by atoms with E-state index in [-0.39, 0.29) is 18.1 Å². The number of halogens is 1. The largest absolute Gasteiger partial charge is 0.494 e. The van der Waals surface area contributed by atoms with Gasteiger partial charge in [0.15, 0.2) is 5.16 Å². The monoisotopic (exact) mass is 526 g/mol. The summed E-state index contributed by atoms with van der Waals surface area (Å²) in [6, 6.07) is 13.9. The lowest BCUT2D eigenvalue weighted by atomic mass is 10.2. The number of hydrogen-bond acceptors (Lipinski definition) is 7.